The summed E-state index contributed by atoms with van der Waals surface area (Å²) >= 11 is 6.58. The summed E-state index contributed by atoms with van der Waals surface area (Å²) in [6, 6.07) is 14.3. The summed E-state index contributed by atoms with van der Waals surface area (Å²) in [4.78, 5) is 0. The number of ether oxygens (including phenoxy) is 1. The van der Waals surface area contributed by atoms with Crippen LogP contribution in [-0.4, -0.2) is 7.11 Å². The number of rotatable bonds is 3. The number of alkyl halides is 1. The highest BCUT2D eigenvalue weighted by molar-refractivity contribution is 6.22. The van der Waals surface area contributed by atoms with Gasteiger partial charge in [-0.15, -0.1) is 11.6 Å². The van der Waals surface area contributed by atoms with Crippen molar-refractivity contribution in [2.75, 3.05) is 7.11 Å². The lowest BCUT2D eigenvalue weighted by Crippen LogP contribution is -1.98. The zero-order valence-corrected chi connectivity index (χ0v) is 11.7. The average molecular weight is 261 g/mol. The number of aryl methyl sites for hydroxylation is 2. The molecule has 18 heavy (non-hydrogen) atoms. The third kappa shape index (κ3) is 2.68. The van der Waals surface area contributed by atoms with Crippen molar-refractivity contribution < 1.29 is 4.74 Å². The third-order valence-corrected chi connectivity index (χ3v) is 3.48. The topological polar surface area (TPSA) is 9.23 Å². The van der Waals surface area contributed by atoms with Crippen LogP contribution in [0.2, 0.25) is 0 Å². The van der Waals surface area contributed by atoms with Gasteiger partial charge in [-0.25, -0.2) is 0 Å². The quantitative estimate of drug-likeness (QED) is 0.731. The first-order chi connectivity index (χ1) is 8.61. The van der Waals surface area contributed by atoms with Crippen molar-refractivity contribution in [2.24, 2.45) is 0 Å². The second kappa shape index (κ2) is 5.45. The van der Waals surface area contributed by atoms with E-state index in [2.05, 4.69) is 32.0 Å². The van der Waals surface area contributed by atoms with E-state index < -0.39 is 0 Å². The highest BCUT2D eigenvalue weighted by Crippen LogP contribution is 2.35. The van der Waals surface area contributed by atoms with E-state index in [0.29, 0.717) is 0 Å². The van der Waals surface area contributed by atoms with Crippen molar-refractivity contribution in [3.8, 4) is 5.75 Å². The lowest BCUT2D eigenvalue weighted by molar-refractivity contribution is 0.410. The predicted molar refractivity (Wildman–Crippen MR) is 76.6 cm³/mol. The smallest absolute Gasteiger partial charge is 0.123 e. The van der Waals surface area contributed by atoms with Gasteiger partial charge in [0.1, 0.15) is 5.75 Å². The Hall–Kier alpha value is -1.47. The molecular formula is C16H17ClO. The Bertz CT molecular complexity index is 549. The Morgan fingerprint density at radius 2 is 1.72 bits per heavy atom. The van der Waals surface area contributed by atoms with Crippen molar-refractivity contribution in [1.82, 2.24) is 0 Å². The first-order valence-corrected chi connectivity index (χ1v) is 6.40. The lowest BCUT2D eigenvalue weighted by atomic mass is 10.0. The molecule has 1 atom stereocenters. The molecule has 2 aromatic rings. The van der Waals surface area contributed by atoms with Gasteiger partial charge in [0.15, 0.2) is 0 Å². The van der Waals surface area contributed by atoms with Gasteiger partial charge in [0.05, 0.1) is 12.5 Å². The molecule has 0 fully saturated rings. The van der Waals surface area contributed by atoms with E-state index in [1.807, 2.05) is 24.3 Å². The molecule has 0 aliphatic rings. The molecule has 0 aliphatic carbocycles. The van der Waals surface area contributed by atoms with E-state index >= 15 is 0 Å². The van der Waals surface area contributed by atoms with E-state index in [-0.39, 0.29) is 5.38 Å². The number of benzene rings is 2. The van der Waals surface area contributed by atoms with Crippen molar-refractivity contribution in [3.63, 3.8) is 0 Å². The van der Waals surface area contributed by atoms with Gasteiger partial charge in [0.25, 0.3) is 0 Å². The molecule has 1 nitrogen and oxygen atoms in total. The molecule has 0 saturated carbocycles. The molecule has 0 spiro atoms. The summed E-state index contributed by atoms with van der Waals surface area (Å²) < 4.78 is 5.39. The van der Waals surface area contributed by atoms with Crippen LogP contribution < -0.4 is 4.74 Å². The maximum Gasteiger partial charge on any atom is 0.123 e. The molecule has 94 valence electrons. The van der Waals surface area contributed by atoms with Gasteiger partial charge in [0, 0.05) is 5.56 Å². The standard InChI is InChI=1S/C16H17ClO/c1-11-5-4-6-13(9-11)16(17)14-10-12(2)7-8-15(14)18-3/h4-10,16H,1-3H3. The molecule has 0 amide bonds. The number of hydrogen-bond acceptors (Lipinski definition) is 1. The minimum absolute atomic E-state index is 0.181. The van der Waals surface area contributed by atoms with Crippen LogP contribution in [0.4, 0.5) is 0 Å². The van der Waals surface area contributed by atoms with Crippen molar-refractivity contribution in [1.29, 1.82) is 0 Å². The molecule has 0 aromatic heterocycles. The highest BCUT2D eigenvalue weighted by Gasteiger charge is 2.15. The highest BCUT2D eigenvalue weighted by atomic mass is 35.5. The third-order valence-electron chi connectivity index (χ3n) is 2.99. The molecule has 0 saturated heterocycles. The first kappa shape index (κ1) is 13.0. The van der Waals surface area contributed by atoms with E-state index in [9.17, 15) is 0 Å². The van der Waals surface area contributed by atoms with Gasteiger partial charge in [0.2, 0.25) is 0 Å². The lowest BCUT2D eigenvalue weighted by Gasteiger charge is -2.15. The predicted octanol–water partition coefficient (Wildman–Crippen LogP) is 4.64. The normalized spacial score (nSPS) is 12.2. The van der Waals surface area contributed by atoms with Crippen LogP contribution >= 0.6 is 11.6 Å². The van der Waals surface area contributed by atoms with Gasteiger partial charge in [-0.05, 0) is 25.5 Å². The van der Waals surface area contributed by atoms with Crippen molar-refractivity contribution >= 4 is 11.6 Å². The van der Waals surface area contributed by atoms with E-state index in [0.717, 1.165) is 16.9 Å². The molecule has 2 rings (SSSR count). The maximum atomic E-state index is 6.58. The van der Waals surface area contributed by atoms with Crippen LogP contribution in [0, 0.1) is 13.8 Å². The summed E-state index contributed by atoms with van der Waals surface area (Å²) in [7, 11) is 1.67. The van der Waals surface area contributed by atoms with Crippen LogP contribution in [0.15, 0.2) is 42.5 Å². The van der Waals surface area contributed by atoms with E-state index in [1.165, 1.54) is 11.1 Å². The number of halogens is 1. The van der Waals surface area contributed by atoms with Crippen LogP contribution in [0.25, 0.3) is 0 Å². The zero-order valence-electron chi connectivity index (χ0n) is 10.9. The molecule has 0 N–H and O–H groups in total. The number of methoxy groups -OCH3 is 1. The fourth-order valence-electron chi connectivity index (χ4n) is 2.06. The number of hydrogen-bond donors (Lipinski definition) is 0. The fraction of sp³-hybridized carbons (Fsp3) is 0.250. The minimum atomic E-state index is -0.181. The SMILES string of the molecule is COc1ccc(C)cc1C(Cl)c1cccc(C)c1. The van der Waals surface area contributed by atoms with Crippen LogP contribution in [0.1, 0.15) is 27.6 Å². The molecule has 0 bridgehead atoms. The molecule has 2 heteroatoms. The van der Waals surface area contributed by atoms with E-state index in [4.69, 9.17) is 16.3 Å². The largest absolute Gasteiger partial charge is 0.496 e. The Kier molecular flexibility index (Phi) is 3.93. The Labute approximate surface area is 113 Å². The second-order valence-corrected chi connectivity index (χ2v) is 4.96. The molecular weight excluding hydrogens is 244 g/mol. The van der Waals surface area contributed by atoms with Crippen molar-refractivity contribution in [3.05, 3.63) is 64.7 Å². The Morgan fingerprint density at radius 3 is 2.39 bits per heavy atom. The van der Waals surface area contributed by atoms with Crippen LogP contribution in [0.3, 0.4) is 0 Å². The molecule has 0 radical (unpaired) electrons. The Morgan fingerprint density at radius 1 is 1.00 bits per heavy atom. The average Bonchev–Trinajstić information content (AvgIpc) is 2.38. The van der Waals surface area contributed by atoms with Gasteiger partial charge >= 0.3 is 0 Å². The molecule has 1 unspecified atom stereocenters. The zero-order chi connectivity index (χ0) is 13.1. The summed E-state index contributed by atoms with van der Waals surface area (Å²) in [5.74, 6) is 0.835. The van der Waals surface area contributed by atoms with Crippen molar-refractivity contribution in [2.45, 2.75) is 19.2 Å². The summed E-state index contributed by atoms with van der Waals surface area (Å²) in [5.41, 5.74) is 4.51. The van der Waals surface area contributed by atoms with Gasteiger partial charge in [-0.3, -0.25) is 0 Å². The van der Waals surface area contributed by atoms with Crippen LogP contribution in [-0.2, 0) is 0 Å². The fourth-order valence-corrected chi connectivity index (χ4v) is 2.37. The molecule has 2 aromatic carbocycles. The monoisotopic (exact) mass is 260 g/mol. The summed E-state index contributed by atoms with van der Waals surface area (Å²) in [5, 5.41) is -0.181. The molecule has 0 heterocycles. The molecule has 0 aliphatic heterocycles. The van der Waals surface area contributed by atoms with Crippen LogP contribution in [0.5, 0.6) is 5.75 Å². The summed E-state index contributed by atoms with van der Waals surface area (Å²) in [6.45, 7) is 4.13. The maximum absolute atomic E-state index is 6.58. The van der Waals surface area contributed by atoms with Gasteiger partial charge in [-0.2, -0.15) is 0 Å². The first-order valence-electron chi connectivity index (χ1n) is 5.97. The minimum Gasteiger partial charge on any atom is -0.496 e. The second-order valence-electron chi connectivity index (χ2n) is 4.52. The Balaban J connectivity index is 2.44. The van der Waals surface area contributed by atoms with E-state index in [1.54, 1.807) is 7.11 Å². The van der Waals surface area contributed by atoms with Gasteiger partial charge < -0.3 is 4.74 Å². The summed E-state index contributed by atoms with van der Waals surface area (Å²) in [6.07, 6.45) is 0. The van der Waals surface area contributed by atoms with Gasteiger partial charge in [-0.1, -0.05) is 47.5 Å².